The third-order valence-corrected chi connectivity index (χ3v) is 5.78. The third-order valence-electron chi connectivity index (χ3n) is 5.78. The van der Waals surface area contributed by atoms with Crippen molar-refractivity contribution in [3.05, 3.63) is 72.3 Å². The summed E-state index contributed by atoms with van der Waals surface area (Å²) in [5, 5.41) is 0. The quantitative estimate of drug-likeness (QED) is 0.527. The van der Waals surface area contributed by atoms with Gasteiger partial charge in [-0.1, -0.05) is 6.07 Å². The second-order valence-corrected chi connectivity index (χ2v) is 7.56. The molecule has 1 aliphatic heterocycles. The fraction of sp³-hybridized carbons (Fsp3) is 0.273. The summed E-state index contributed by atoms with van der Waals surface area (Å²) < 4.78 is 3.95. The maximum absolute atomic E-state index is 12.9. The molecule has 5 heterocycles. The first-order valence-corrected chi connectivity index (χ1v) is 10.0. The molecule has 1 fully saturated rings. The van der Waals surface area contributed by atoms with Gasteiger partial charge in [0.15, 0.2) is 0 Å². The molecular weight excluding hydrogens is 378 g/mol. The summed E-state index contributed by atoms with van der Waals surface area (Å²) in [7, 11) is 0. The van der Waals surface area contributed by atoms with E-state index in [1.54, 1.807) is 12.7 Å². The van der Waals surface area contributed by atoms with Crippen molar-refractivity contribution < 1.29 is 4.79 Å². The van der Waals surface area contributed by atoms with Crippen LogP contribution in [0.5, 0.6) is 0 Å². The molecule has 0 bridgehead atoms. The van der Waals surface area contributed by atoms with E-state index >= 15 is 0 Å². The molecule has 1 amide bonds. The Morgan fingerprint density at radius 3 is 2.50 bits per heavy atom. The number of piperazine rings is 1. The molecule has 0 atom stereocenters. The number of anilines is 1. The molecule has 0 saturated carbocycles. The first-order chi connectivity index (χ1) is 14.6. The van der Waals surface area contributed by atoms with Gasteiger partial charge in [0.2, 0.25) is 0 Å². The zero-order valence-electron chi connectivity index (χ0n) is 17.1. The van der Waals surface area contributed by atoms with Gasteiger partial charge >= 0.3 is 0 Å². The van der Waals surface area contributed by atoms with Gasteiger partial charge in [0.05, 0.1) is 11.3 Å². The van der Waals surface area contributed by atoms with Crippen LogP contribution in [0.3, 0.4) is 0 Å². The van der Waals surface area contributed by atoms with Gasteiger partial charge in [0, 0.05) is 55.8 Å². The van der Waals surface area contributed by atoms with Crippen LogP contribution in [-0.4, -0.2) is 60.9 Å². The third kappa shape index (κ3) is 3.20. The van der Waals surface area contributed by atoms with Crippen molar-refractivity contribution in [1.82, 2.24) is 28.8 Å². The van der Waals surface area contributed by atoms with E-state index in [1.807, 2.05) is 70.4 Å². The number of fused-ring (bicyclic) bond motifs is 1. The van der Waals surface area contributed by atoms with Gasteiger partial charge in [-0.3, -0.25) is 9.36 Å². The minimum absolute atomic E-state index is 0.0752. The van der Waals surface area contributed by atoms with Crippen LogP contribution < -0.4 is 4.90 Å². The molecule has 0 aromatic carbocycles. The number of hydrogen-bond acceptors (Lipinski definition) is 5. The molecule has 1 saturated heterocycles. The summed E-state index contributed by atoms with van der Waals surface area (Å²) in [6, 6.07) is 9.87. The molecule has 30 heavy (non-hydrogen) atoms. The van der Waals surface area contributed by atoms with Crippen molar-refractivity contribution in [2.75, 3.05) is 31.1 Å². The highest BCUT2D eigenvalue weighted by Crippen LogP contribution is 2.19. The predicted molar refractivity (Wildman–Crippen MR) is 114 cm³/mol. The SMILES string of the molecule is Cc1ncn(-c2cc(N3CCN(C(=O)c4cc5ccccn5c4)CC3)ncn2)c1C. The number of amides is 1. The van der Waals surface area contributed by atoms with Crippen LogP contribution in [0, 0.1) is 13.8 Å². The van der Waals surface area contributed by atoms with E-state index in [-0.39, 0.29) is 5.91 Å². The maximum atomic E-state index is 12.9. The summed E-state index contributed by atoms with van der Waals surface area (Å²) in [6.07, 6.45) is 7.23. The molecule has 0 spiro atoms. The van der Waals surface area contributed by atoms with Gasteiger partial charge in [-0.25, -0.2) is 15.0 Å². The second-order valence-electron chi connectivity index (χ2n) is 7.56. The predicted octanol–water partition coefficient (Wildman–Crippen LogP) is 2.49. The summed E-state index contributed by atoms with van der Waals surface area (Å²) in [6.45, 7) is 6.80. The highest BCUT2D eigenvalue weighted by Gasteiger charge is 2.24. The molecule has 4 aromatic heterocycles. The number of carbonyl (C=O) groups excluding carboxylic acids is 1. The standard InChI is InChI=1S/C22H23N7O/c1-16-17(2)29(15-25-16)21-12-20(23-14-24-21)26-7-9-27(10-8-26)22(30)18-11-19-5-3-4-6-28(19)13-18/h3-6,11-15H,7-10H2,1-2H3. The van der Waals surface area contributed by atoms with Crippen LogP contribution in [0.4, 0.5) is 5.82 Å². The Kier molecular flexibility index (Phi) is 4.46. The number of pyridine rings is 1. The van der Waals surface area contributed by atoms with Gasteiger partial charge in [-0.05, 0) is 32.0 Å². The highest BCUT2D eigenvalue weighted by atomic mass is 16.2. The van der Waals surface area contributed by atoms with Crippen molar-refractivity contribution in [3.8, 4) is 5.82 Å². The van der Waals surface area contributed by atoms with Gasteiger partial charge in [0.1, 0.15) is 24.3 Å². The number of nitrogens with zero attached hydrogens (tertiary/aromatic N) is 7. The first-order valence-electron chi connectivity index (χ1n) is 10.0. The lowest BCUT2D eigenvalue weighted by molar-refractivity contribution is 0.0746. The second kappa shape index (κ2) is 7.29. The summed E-state index contributed by atoms with van der Waals surface area (Å²) >= 11 is 0. The van der Waals surface area contributed by atoms with E-state index in [1.165, 1.54) is 0 Å². The Morgan fingerprint density at radius 1 is 0.967 bits per heavy atom. The van der Waals surface area contributed by atoms with Crippen LogP contribution in [0.25, 0.3) is 11.3 Å². The molecule has 152 valence electrons. The van der Waals surface area contributed by atoms with Crippen LogP contribution in [0.1, 0.15) is 21.7 Å². The van der Waals surface area contributed by atoms with Crippen LogP contribution in [0.2, 0.25) is 0 Å². The van der Waals surface area contributed by atoms with Crippen molar-refractivity contribution in [1.29, 1.82) is 0 Å². The minimum Gasteiger partial charge on any atom is -0.353 e. The lowest BCUT2D eigenvalue weighted by Crippen LogP contribution is -2.49. The fourth-order valence-electron chi connectivity index (χ4n) is 3.87. The highest BCUT2D eigenvalue weighted by molar-refractivity contribution is 5.95. The van der Waals surface area contributed by atoms with Crippen molar-refractivity contribution in [3.63, 3.8) is 0 Å². The average Bonchev–Trinajstić information content (AvgIpc) is 3.37. The summed E-state index contributed by atoms with van der Waals surface area (Å²) in [5.74, 6) is 1.75. The number of hydrogen-bond donors (Lipinski definition) is 0. The Hall–Kier alpha value is -3.68. The number of rotatable bonds is 3. The van der Waals surface area contributed by atoms with E-state index in [0.717, 1.165) is 47.2 Å². The van der Waals surface area contributed by atoms with Gasteiger partial charge < -0.3 is 14.2 Å². The fourth-order valence-corrected chi connectivity index (χ4v) is 3.87. The molecule has 4 aromatic rings. The van der Waals surface area contributed by atoms with Gasteiger partial charge in [-0.2, -0.15) is 0 Å². The van der Waals surface area contributed by atoms with Crippen molar-refractivity contribution >= 4 is 17.2 Å². The Morgan fingerprint density at radius 2 is 1.77 bits per heavy atom. The normalized spacial score (nSPS) is 14.5. The van der Waals surface area contributed by atoms with Crippen molar-refractivity contribution in [2.45, 2.75) is 13.8 Å². The molecule has 0 aliphatic carbocycles. The number of aromatic nitrogens is 5. The molecule has 0 N–H and O–H groups in total. The van der Waals surface area contributed by atoms with Crippen LogP contribution >= 0.6 is 0 Å². The van der Waals surface area contributed by atoms with E-state index in [4.69, 9.17) is 0 Å². The van der Waals surface area contributed by atoms with Crippen LogP contribution in [0.15, 0.2) is 55.4 Å². The Bertz CT molecular complexity index is 1180. The monoisotopic (exact) mass is 401 g/mol. The minimum atomic E-state index is 0.0752. The zero-order chi connectivity index (χ0) is 20.7. The molecular formula is C22H23N7O. The van der Waals surface area contributed by atoms with E-state index in [0.29, 0.717) is 13.1 Å². The van der Waals surface area contributed by atoms with Gasteiger partial charge in [0.25, 0.3) is 5.91 Å². The van der Waals surface area contributed by atoms with E-state index < -0.39 is 0 Å². The molecule has 5 rings (SSSR count). The summed E-state index contributed by atoms with van der Waals surface area (Å²) in [5.41, 5.74) is 3.80. The van der Waals surface area contributed by atoms with E-state index in [2.05, 4.69) is 19.9 Å². The van der Waals surface area contributed by atoms with Crippen LogP contribution in [-0.2, 0) is 0 Å². The van der Waals surface area contributed by atoms with Gasteiger partial charge in [-0.15, -0.1) is 0 Å². The largest absolute Gasteiger partial charge is 0.353 e. The summed E-state index contributed by atoms with van der Waals surface area (Å²) in [4.78, 5) is 30.3. The number of aryl methyl sites for hydroxylation is 1. The Balaban J connectivity index is 1.29. The smallest absolute Gasteiger partial charge is 0.255 e. The topological polar surface area (TPSA) is 71.6 Å². The first kappa shape index (κ1) is 18.4. The maximum Gasteiger partial charge on any atom is 0.255 e. The number of carbonyl (C=O) groups is 1. The molecule has 8 nitrogen and oxygen atoms in total. The molecule has 8 heteroatoms. The lowest BCUT2D eigenvalue weighted by atomic mass is 10.2. The average molecular weight is 401 g/mol. The molecule has 0 radical (unpaired) electrons. The Labute approximate surface area is 174 Å². The lowest BCUT2D eigenvalue weighted by Gasteiger charge is -2.35. The molecule has 0 unspecified atom stereocenters. The van der Waals surface area contributed by atoms with E-state index in [9.17, 15) is 4.79 Å². The number of imidazole rings is 1. The van der Waals surface area contributed by atoms with Crippen molar-refractivity contribution in [2.24, 2.45) is 0 Å². The molecule has 1 aliphatic rings. The zero-order valence-corrected chi connectivity index (χ0v) is 17.1.